The van der Waals surface area contributed by atoms with Crippen LogP contribution in [0.15, 0.2) is 24.3 Å². The second kappa shape index (κ2) is 5.79. The summed E-state index contributed by atoms with van der Waals surface area (Å²) >= 11 is 0. The molecule has 0 aliphatic heterocycles. The first-order valence-electron chi connectivity index (χ1n) is 6.17. The van der Waals surface area contributed by atoms with Crippen LogP contribution in [-0.2, 0) is 6.42 Å². The molecule has 0 bridgehead atoms. The van der Waals surface area contributed by atoms with Crippen LogP contribution >= 0.6 is 0 Å². The van der Waals surface area contributed by atoms with Crippen molar-refractivity contribution in [2.45, 2.75) is 31.7 Å². The molecule has 0 aromatic heterocycles. The Kier molecular flexibility index (Phi) is 4.11. The van der Waals surface area contributed by atoms with Gasteiger partial charge in [0, 0.05) is 6.04 Å². The molecule has 1 N–H and O–H groups in total. The van der Waals surface area contributed by atoms with E-state index < -0.39 is 0 Å². The van der Waals surface area contributed by atoms with Gasteiger partial charge in [0.15, 0.2) is 0 Å². The third-order valence-electron chi connectivity index (χ3n) is 3.39. The summed E-state index contributed by atoms with van der Waals surface area (Å²) in [5.41, 5.74) is 1.00. The lowest BCUT2D eigenvalue weighted by Gasteiger charge is -2.15. The number of halogens is 1. The van der Waals surface area contributed by atoms with Gasteiger partial charge in [0.2, 0.25) is 0 Å². The molecule has 1 fully saturated rings. The molecule has 1 aliphatic carbocycles. The molecule has 0 heterocycles. The first-order valence-corrected chi connectivity index (χ1v) is 6.17. The van der Waals surface area contributed by atoms with Gasteiger partial charge in [0.1, 0.15) is 5.82 Å². The van der Waals surface area contributed by atoms with E-state index in [0.717, 1.165) is 37.8 Å². The highest BCUT2D eigenvalue weighted by Gasteiger charge is 2.26. The van der Waals surface area contributed by atoms with Gasteiger partial charge in [0.25, 0.3) is 0 Å². The van der Waals surface area contributed by atoms with Crippen LogP contribution in [0.25, 0.3) is 0 Å². The summed E-state index contributed by atoms with van der Waals surface area (Å²) in [6.45, 7) is 0.812. The van der Waals surface area contributed by atoms with E-state index in [4.69, 9.17) is 5.26 Å². The molecule has 0 spiro atoms. The maximum atomic E-state index is 12.9. The SMILES string of the molecule is N#CC1CCCC1NCCc1cccc(F)c1. The van der Waals surface area contributed by atoms with E-state index in [9.17, 15) is 4.39 Å². The lowest BCUT2D eigenvalue weighted by atomic mass is 10.1. The summed E-state index contributed by atoms with van der Waals surface area (Å²) in [6, 6.07) is 9.37. The molecule has 17 heavy (non-hydrogen) atoms. The van der Waals surface area contributed by atoms with Gasteiger partial charge in [-0.25, -0.2) is 4.39 Å². The number of hydrogen-bond donors (Lipinski definition) is 1. The lowest BCUT2D eigenvalue weighted by molar-refractivity contribution is 0.468. The summed E-state index contributed by atoms with van der Waals surface area (Å²) in [5.74, 6) is -0.0271. The van der Waals surface area contributed by atoms with Crippen LogP contribution in [0.4, 0.5) is 4.39 Å². The average molecular weight is 232 g/mol. The van der Waals surface area contributed by atoms with Crippen molar-refractivity contribution in [3.8, 4) is 6.07 Å². The Balaban J connectivity index is 1.78. The molecule has 2 nitrogen and oxygen atoms in total. The molecule has 90 valence electrons. The van der Waals surface area contributed by atoms with Crippen molar-refractivity contribution >= 4 is 0 Å². The fraction of sp³-hybridized carbons (Fsp3) is 0.500. The quantitative estimate of drug-likeness (QED) is 0.866. The molecule has 1 aromatic rings. The largest absolute Gasteiger partial charge is 0.312 e. The van der Waals surface area contributed by atoms with Crippen LogP contribution in [0, 0.1) is 23.1 Å². The van der Waals surface area contributed by atoms with Crippen molar-refractivity contribution < 1.29 is 4.39 Å². The average Bonchev–Trinajstić information content (AvgIpc) is 2.77. The van der Waals surface area contributed by atoms with Gasteiger partial charge in [-0.2, -0.15) is 5.26 Å². The third kappa shape index (κ3) is 3.28. The highest BCUT2D eigenvalue weighted by molar-refractivity contribution is 5.16. The zero-order valence-electron chi connectivity index (χ0n) is 9.82. The Morgan fingerprint density at radius 3 is 3.06 bits per heavy atom. The number of benzene rings is 1. The van der Waals surface area contributed by atoms with E-state index in [1.807, 2.05) is 6.07 Å². The minimum absolute atomic E-state index is 0.155. The zero-order chi connectivity index (χ0) is 12.1. The molecule has 0 radical (unpaired) electrons. The number of nitrogens with zero attached hydrogens (tertiary/aromatic N) is 1. The third-order valence-corrected chi connectivity index (χ3v) is 3.39. The van der Waals surface area contributed by atoms with Crippen molar-refractivity contribution in [3.63, 3.8) is 0 Å². The molecule has 1 aliphatic rings. The minimum atomic E-state index is -0.182. The van der Waals surface area contributed by atoms with Crippen molar-refractivity contribution in [1.29, 1.82) is 5.26 Å². The summed E-state index contributed by atoms with van der Waals surface area (Å²) in [4.78, 5) is 0. The first-order chi connectivity index (χ1) is 8.29. The van der Waals surface area contributed by atoms with Gasteiger partial charge in [0.05, 0.1) is 12.0 Å². The van der Waals surface area contributed by atoms with Crippen LogP contribution in [0.3, 0.4) is 0 Å². The van der Waals surface area contributed by atoms with E-state index in [1.165, 1.54) is 6.07 Å². The smallest absolute Gasteiger partial charge is 0.123 e. The Morgan fingerprint density at radius 1 is 1.41 bits per heavy atom. The van der Waals surface area contributed by atoms with Crippen LogP contribution in [0.2, 0.25) is 0 Å². The van der Waals surface area contributed by atoms with Crippen molar-refractivity contribution in [1.82, 2.24) is 5.32 Å². The number of nitrogens with one attached hydrogen (secondary N) is 1. The fourth-order valence-corrected chi connectivity index (χ4v) is 2.45. The van der Waals surface area contributed by atoms with E-state index in [1.54, 1.807) is 12.1 Å². The standard InChI is InChI=1S/C14H17FN2/c15-13-5-1-3-11(9-13)7-8-17-14-6-2-4-12(14)10-16/h1,3,5,9,12,14,17H,2,4,6-8H2. The van der Waals surface area contributed by atoms with Gasteiger partial charge < -0.3 is 5.32 Å². The van der Waals surface area contributed by atoms with E-state index in [-0.39, 0.29) is 11.7 Å². The molecular weight excluding hydrogens is 215 g/mol. The molecule has 0 amide bonds. The van der Waals surface area contributed by atoms with Crippen LogP contribution in [0.1, 0.15) is 24.8 Å². The van der Waals surface area contributed by atoms with E-state index in [0.29, 0.717) is 6.04 Å². The molecule has 0 saturated heterocycles. The molecular formula is C14H17FN2. The van der Waals surface area contributed by atoms with Crippen LogP contribution in [-0.4, -0.2) is 12.6 Å². The van der Waals surface area contributed by atoms with Crippen LogP contribution in [0.5, 0.6) is 0 Å². The molecule has 1 aromatic carbocycles. The maximum absolute atomic E-state index is 12.9. The number of nitriles is 1. The van der Waals surface area contributed by atoms with Gasteiger partial charge in [-0.05, 0) is 43.5 Å². The second-order valence-corrected chi connectivity index (χ2v) is 4.61. The predicted molar refractivity (Wildman–Crippen MR) is 64.8 cm³/mol. The normalized spacial score (nSPS) is 23.5. The number of rotatable bonds is 4. The van der Waals surface area contributed by atoms with Gasteiger partial charge in [-0.1, -0.05) is 18.6 Å². The van der Waals surface area contributed by atoms with E-state index in [2.05, 4.69) is 11.4 Å². The van der Waals surface area contributed by atoms with Crippen molar-refractivity contribution in [2.24, 2.45) is 5.92 Å². The topological polar surface area (TPSA) is 35.8 Å². The van der Waals surface area contributed by atoms with Crippen LogP contribution < -0.4 is 5.32 Å². The lowest BCUT2D eigenvalue weighted by Crippen LogP contribution is -2.33. The first kappa shape index (κ1) is 12.1. The minimum Gasteiger partial charge on any atom is -0.312 e. The summed E-state index contributed by atoms with van der Waals surface area (Å²) < 4.78 is 12.9. The fourth-order valence-electron chi connectivity index (χ4n) is 2.45. The Hall–Kier alpha value is -1.40. The number of hydrogen-bond acceptors (Lipinski definition) is 2. The Morgan fingerprint density at radius 2 is 2.29 bits per heavy atom. The Bertz CT molecular complexity index is 411. The zero-order valence-corrected chi connectivity index (χ0v) is 9.82. The van der Waals surface area contributed by atoms with Crippen molar-refractivity contribution in [2.75, 3.05) is 6.54 Å². The summed E-state index contributed by atoms with van der Waals surface area (Å²) in [7, 11) is 0. The monoisotopic (exact) mass is 232 g/mol. The molecule has 3 heteroatoms. The van der Waals surface area contributed by atoms with E-state index >= 15 is 0 Å². The highest BCUT2D eigenvalue weighted by Crippen LogP contribution is 2.24. The van der Waals surface area contributed by atoms with Crippen molar-refractivity contribution in [3.05, 3.63) is 35.6 Å². The van der Waals surface area contributed by atoms with Gasteiger partial charge in [-0.15, -0.1) is 0 Å². The highest BCUT2D eigenvalue weighted by atomic mass is 19.1. The Labute approximate surface area is 101 Å². The van der Waals surface area contributed by atoms with Gasteiger partial charge >= 0.3 is 0 Å². The second-order valence-electron chi connectivity index (χ2n) is 4.61. The molecule has 2 atom stereocenters. The molecule has 2 rings (SSSR count). The van der Waals surface area contributed by atoms with Gasteiger partial charge in [-0.3, -0.25) is 0 Å². The summed E-state index contributed by atoms with van der Waals surface area (Å²) in [6.07, 6.45) is 4.04. The summed E-state index contributed by atoms with van der Waals surface area (Å²) in [5, 5.41) is 12.4. The molecule has 2 unspecified atom stereocenters. The predicted octanol–water partition coefficient (Wildman–Crippen LogP) is 2.65. The maximum Gasteiger partial charge on any atom is 0.123 e. The molecule has 1 saturated carbocycles.